The van der Waals surface area contributed by atoms with E-state index in [4.69, 9.17) is 4.74 Å². The molecule has 0 aromatic rings. The molecule has 2 atom stereocenters. The van der Waals surface area contributed by atoms with E-state index >= 15 is 0 Å². The summed E-state index contributed by atoms with van der Waals surface area (Å²) >= 11 is 0. The van der Waals surface area contributed by atoms with Gasteiger partial charge in [-0.15, -0.1) is 6.58 Å². The summed E-state index contributed by atoms with van der Waals surface area (Å²) in [6.45, 7) is 5.73. The number of carbonyl (C=O) groups excluding carboxylic acids is 1. The van der Waals surface area contributed by atoms with Gasteiger partial charge < -0.3 is 4.74 Å². The minimum absolute atomic E-state index is 0.00841. The number of esters is 1. The van der Waals surface area contributed by atoms with Gasteiger partial charge in [-0.2, -0.15) is 0 Å². The molecule has 2 nitrogen and oxygen atoms in total. The lowest BCUT2D eigenvalue weighted by Gasteiger charge is -2.34. The summed E-state index contributed by atoms with van der Waals surface area (Å²) in [6.07, 6.45) is 5.97. The fourth-order valence-corrected chi connectivity index (χ4v) is 1.56. The molecule has 0 bridgehead atoms. The fourth-order valence-electron chi connectivity index (χ4n) is 1.56. The van der Waals surface area contributed by atoms with Gasteiger partial charge in [0.05, 0.1) is 5.92 Å². The molecule has 68 valence electrons. The predicted molar refractivity (Wildman–Crippen MR) is 47.7 cm³/mol. The van der Waals surface area contributed by atoms with Gasteiger partial charge in [0, 0.05) is 0 Å². The van der Waals surface area contributed by atoms with Crippen LogP contribution in [0.3, 0.4) is 0 Å². The summed E-state index contributed by atoms with van der Waals surface area (Å²) < 4.78 is 5.02. The van der Waals surface area contributed by atoms with Crippen molar-refractivity contribution in [2.75, 3.05) is 0 Å². The number of rotatable bonds is 5. The number of ether oxygens (including phenoxy) is 1. The van der Waals surface area contributed by atoms with Crippen LogP contribution < -0.4 is 0 Å². The van der Waals surface area contributed by atoms with E-state index in [1.807, 2.05) is 6.08 Å². The quantitative estimate of drug-likeness (QED) is 0.465. The summed E-state index contributed by atoms with van der Waals surface area (Å²) in [5, 5.41) is 0. The maximum Gasteiger partial charge on any atom is 0.313 e. The molecule has 1 aliphatic rings. The molecule has 0 saturated carbocycles. The largest absolute Gasteiger partial charge is 0.461 e. The Morgan fingerprint density at radius 1 is 1.58 bits per heavy atom. The second-order valence-electron chi connectivity index (χ2n) is 3.24. The van der Waals surface area contributed by atoms with E-state index < -0.39 is 0 Å². The summed E-state index contributed by atoms with van der Waals surface area (Å²) in [6, 6.07) is 0. The van der Waals surface area contributed by atoms with Crippen LogP contribution in [-0.4, -0.2) is 12.1 Å². The highest BCUT2D eigenvalue weighted by Crippen LogP contribution is 2.29. The van der Waals surface area contributed by atoms with Crippen molar-refractivity contribution in [3.8, 4) is 0 Å². The molecule has 1 saturated heterocycles. The van der Waals surface area contributed by atoms with Gasteiger partial charge in [-0.05, 0) is 19.3 Å². The molecule has 0 radical (unpaired) electrons. The highest BCUT2D eigenvalue weighted by atomic mass is 16.6. The third kappa shape index (κ3) is 1.87. The molecule has 1 aliphatic heterocycles. The van der Waals surface area contributed by atoms with Crippen molar-refractivity contribution in [3.63, 3.8) is 0 Å². The predicted octanol–water partition coefficient (Wildman–Crippen LogP) is 2.29. The first-order chi connectivity index (χ1) is 5.79. The molecule has 0 aliphatic carbocycles. The van der Waals surface area contributed by atoms with E-state index in [1.54, 1.807) is 0 Å². The fraction of sp³-hybridized carbons (Fsp3) is 0.700. The Labute approximate surface area is 73.6 Å². The second kappa shape index (κ2) is 4.29. The lowest BCUT2D eigenvalue weighted by Crippen LogP contribution is -2.44. The van der Waals surface area contributed by atoms with Gasteiger partial charge in [0.1, 0.15) is 6.10 Å². The van der Waals surface area contributed by atoms with E-state index in [-0.39, 0.29) is 18.0 Å². The highest BCUT2D eigenvalue weighted by molar-refractivity contribution is 5.78. The average Bonchev–Trinajstić information content (AvgIpc) is 2.08. The number of hydrogen-bond acceptors (Lipinski definition) is 2. The molecule has 0 amide bonds. The van der Waals surface area contributed by atoms with Crippen LogP contribution in [0.4, 0.5) is 0 Å². The van der Waals surface area contributed by atoms with Crippen molar-refractivity contribution >= 4 is 5.97 Å². The molecule has 12 heavy (non-hydrogen) atoms. The molecule has 0 aromatic heterocycles. The number of carbonyl (C=O) groups is 1. The van der Waals surface area contributed by atoms with Crippen molar-refractivity contribution in [1.82, 2.24) is 0 Å². The molecule has 0 unspecified atom stereocenters. The van der Waals surface area contributed by atoms with Gasteiger partial charge in [0.2, 0.25) is 0 Å². The molecular weight excluding hydrogens is 152 g/mol. The lowest BCUT2D eigenvalue weighted by atomic mass is 9.89. The van der Waals surface area contributed by atoms with Crippen LogP contribution in [0, 0.1) is 5.92 Å². The van der Waals surface area contributed by atoms with E-state index in [0.29, 0.717) is 0 Å². The summed E-state index contributed by atoms with van der Waals surface area (Å²) in [5.41, 5.74) is 0. The van der Waals surface area contributed by atoms with Gasteiger partial charge in [-0.3, -0.25) is 4.79 Å². The zero-order chi connectivity index (χ0) is 8.97. The zero-order valence-electron chi connectivity index (χ0n) is 7.58. The van der Waals surface area contributed by atoms with E-state index in [1.165, 1.54) is 0 Å². The van der Waals surface area contributed by atoms with Gasteiger partial charge >= 0.3 is 5.97 Å². The van der Waals surface area contributed by atoms with Gasteiger partial charge in [-0.25, -0.2) is 0 Å². The van der Waals surface area contributed by atoms with Crippen LogP contribution in [0.15, 0.2) is 12.7 Å². The standard InChI is InChI=1S/C10H16O2/c1-3-5-7-9-8(6-4-2)10(11)12-9/h3,8-9H,1,4-7H2,2H3/t8-,9-/m1/s1. The zero-order valence-corrected chi connectivity index (χ0v) is 7.58. The Kier molecular flexibility index (Phi) is 3.32. The van der Waals surface area contributed by atoms with Crippen LogP contribution in [0.5, 0.6) is 0 Å². The lowest BCUT2D eigenvalue weighted by molar-refractivity contribution is -0.185. The van der Waals surface area contributed by atoms with E-state index in [2.05, 4.69) is 13.5 Å². The van der Waals surface area contributed by atoms with Gasteiger partial charge in [0.15, 0.2) is 0 Å². The topological polar surface area (TPSA) is 26.3 Å². The Morgan fingerprint density at radius 2 is 2.33 bits per heavy atom. The minimum atomic E-state index is -0.00841. The number of cyclic esters (lactones) is 1. The van der Waals surface area contributed by atoms with Crippen LogP contribution >= 0.6 is 0 Å². The van der Waals surface area contributed by atoms with Crippen molar-refractivity contribution < 1.29 is 9.53 Å². The monoisotopic (exact) mass is 168 g/mol. The first-order valence-corrected chi connectivity index (χ1v) is 4.61. The number of hydrogen-bond donors (Lipinski definition) is 0. The Bertz CT molecular complexity index is 175. The molecule has 1 fully saturated rings. The second-order valence-corrected chi connectivity index (χ2v) is 3.24. The molecule has 0 N–H and O–H groups in total. The van der Waals surface area contributed by atoms with Crippen molar-refractivity contribution in [2.45, 2.75) is 38.7 Å². The number of allylic oxidation sites excluding steroid dienone is 1. The van der Waals surface area contributed by atoms with E-state index in [0.717, 1.165) is 25.7 Å². The summed E-state index contributed by atoms with van der Waals surface area (Å²) in [5.74, 6) is 0.167. The first-order valence-electron chi connectivity index (χ1n) is 4.61. The van der Waals surface area contributed by atoms with Crippen LogP contribution in [0.1, 0.15) is 32.6 Å². The molecule has 1 heterocycles. The van der Waals surface area contributed by atoms with Crippen molar-refractivity contribution in [3.05, 3.63) is 12.7 Å². The van der Waals surface area contributed by atoms with Crippen LogP contribution in [-0.2, 0) is 9.53 Å². The SMILES string of the molecule is C=CCC[C@H]1OC(=O)[C@@H]1CCC. The first kappa shape index (κ1) is 9.30. The third-order valence-electron chi connectivity index (χ3n) is 2.27. The maximum absolute atomic E-state index is 10.9. The van der Waals surface area contributed by atoms with Gasteiger partial charge in [-0.1, -0.05) is 19.4 Å². The highest BCUT2D eigenvalue weighted by Gasteiger charge is 2.40. The Balaban J connectivity index is 2.27. The normalized spacial score (nSPS) is 27.6. The average molecular weight is 168 g/mol. The van der Waals surface area contributed by atoms with Crippen LogP contribution in [0.2, 0.25) is 0 Å². The smallest absolute Gasteiger partial charge is 0.313 e. The van der Waals surface area contributed by atoms with E-state index in [9.17, 15) is 4.79 Å². The van der Waals surface area contributed by atoms with Crippen molar-refractivity contribution in [2.24, 2.45) is 5.92 Å². The molecule has 1 rings (SSSR count). The van der Waals surface area contributed by atoms with Crippen molar-refractivity contribution in [1.29, 1.82) is 0 Å². The molecule has 0 aromatic carbocycles. The summed E-state index contributed by atoms with van der Waals surface area (Å²) in [7, 11) is 0. The molecule has 2 heteroatoms. The van der Waals surface area contributed by atoms with Crippen LogP contribution in [0.25, 0.3) is 0 Å². The Hall–Kier alpha value is -0.790. The maximum atomic E-state index is 10.9. The molecular formula is C10H16O2. The third-order valence-corrected chi connectivity index (χ3v) is 2.27. The van der Waals surface area contributed by atoms with Gasteiger partial charge in [0.25, 0.3) is 0 Å². The Morgan fingerprint density at radius 3 is 2.83 bits per heavy atom. The minimum Gasteiger partial charge on any atom is -0.461 e. The molecule has 0 spiro atoms. The summed E-state index contributed by atoms with van der Waals surface area (Å²) in [4.78, 5) is 10.9.